The van der Waals surface area contributed by atoms with E-state index in [1.165, 1.54) is 9.47 Å². The fourth-order valence-corrected chi connectivity index (χ4v) is 3.89. The summed E-state index contributed by atoms with van der Waals surface area (Å²) in [5.74, 6) is 0.178. The third kappa shape index (κ3) is 4.90. The van der Waals surface area contributed by atoms with Crippen molar-refractivity contribution < 1.29 is 9.53 Å². The number of nitrogen functional groups attached to an aromatic ring is 1. The molecule has 8 nitrogen and oxygen atoms in total. The summed E-state index contributed by atoms with van der Waals surface area (Å²) in [6.07, 6.45) is 7.74. The number of carbonyl (C=O) groups is 1. The summed E-state index contributed by atoms with van der Waals surface area (Å²) in [6.45, 7) is 2.48. The SMILES string of the molecule is CCCCn1c(N)c(N(Cc2ccccc2OC)C(=O)C2CC=CCC2)c(=O)[nH]c1=O. The molecule has 0 saturated carbocycles. The van der Waals surface area contributed by atoms with E-state index in [9.17, 15) is 14.4 Å². The second-order valence-corrected chi connectivity index (χ2v) is 7.72. The summed E-state index contributed by atoms with van der Waals surface area (Å²) in [5.41, 5.74) is 5.86. The second kappa shape index (κ2) is 10.1. The van der Waals surface area contributed by atoms with Crippen LogP contribution < -0.4 is 26.6 Å². The molecule has 31 heavy (non-hydrogen) atoms. The molecule has 3 rings (SSSR count). The van der Waals surface area contributed by atoms with Gasteiger partial charge in [-0.3, -0.25) is 24.0 Å². The third-order valence-electron chi connectivity index (χ3n) is 5.62. The Balaban J connectivity index is 2.11. The summed E-state index contributed by atoms with van der Waals surface area (Å²) in [7, 11) is 1.56. The highest BCUT2D eigenvalue weighted by molar-refractivity contribution is 5.97. The molecule has 2 aromatic rings. The molecule has 1 aliphatic carbocycles. The Morgan fingerprint density at radius 2 is 2.06 bits per heavy atom. The number of benzene rings is 1. The largest absolute Gasteiger partial charge is 0.496 e. The molecule has 0 fully saturated rings. The van der Waals surface area contributed by atoms with Gasteiger partial charge in [-0.05, 0) is 31.7 Å². The molecular formula is C23H30N4O4. The molecule has 0 spiro atoms. The molecular weight excluding hydrogens is 396 g/mol. The van der Waals surface area contributed by atoms with E-state index in [2.05, 4.69) is 11.1 Å². The topological polar surface area (TPSA) is 110 Å². The number of anilines is 2. The van der Waals surface area contributed by atoms with Crippen LogP contribution in [0.1, 0.15) is 44.6 Å². The molecule has 3 N–H and O–H groups in total. The summed E-state index contributed by atoms with van der Waals surface area (Å²) in [4.78, 5) is 42.6. The number of hydrogen-bond acceptors (Lipinski definition) is 5. The van der Waals surface area contributed by atoms with Gasteiger partial charge in [0.15, 0.2) is 5.69 Å². The minimum atomic E-state index is -0.662. The number of amides is 1. The van der Waals surface area contributed by atoms with Crippen LogP contribution in [0.15, 0.2) is 46.0 Å². The monoisotopic (exact) mass is 426 g/mol. The van der Waals surface area contributed by atoms with Crippen molar-refractivity contribution in [2.45, 2.75) is 52.1 Å². The van der Waals surface area contributed by atoms with Gasteiger partial charge in [0.25, 0.3) is 5.56 Å². The highest BCUT2D eigenvalue weighted by Gasteiger charge is 2.30. The minimum absolute atomic E-state index is 0.0109. The van der Waals surface area contributed by atoms with Crippen LogP contribution in [0.25, 0.3) is 0 Å². The van der Waals surface area contributed by atoms with Crippen molar-refractivity contribution >= 4 is 17.4 Å². The lowest BCUT2D eigenvalue weighted by Gasteiger charge is -2.29. The zero-order chi connectivity index (χ0) is 22.4. The molecule has 8 heteroatoms. The summed E-state index contributed by atoms with van der Waals surface area (Å²) < 4.78 is 6.78. The van der Waals surface area contributed by atoms with E-state index in [4.69, 9.17) is 10.5 Å². The maximum absolute atomic E-state index is 13.6. The van der Waals surface area contributed by atoms with Gasteiger partial charge in [-0.1, -0.05) is 43.7 Å². The molecule has 1 atom stereocenters. The second-order valence-electron chi connectivity index (χ2n) is 7.72. The third-order valence-corrected chi connectivity index (χ3v) is 5.62. The Hall–Kier alpha value is -3.29. The molecule has 0 bridgehead atoms. The number of hydrogen-bond donors (Lipinski definition) is 2. The van der Waals surface area contributed by atoms with Crippen molar-refractivity contribution in [3.05, 3.63) is 62.8 Å². The van der Waals surface area contributed by atoms with E-state index in [0.29, 0.717) is 25.1 Å². The maximum Gasteiger partial charge on any atom is 0.330 e. The van der Waals surface area contributed by atoms with Gasteiger partial charge in [0, 0.05) is 18.0 Å². The molecule has 1 aromatic heterocycles. The number of methoxy groups -OCH3 is 1. The van der Waals surface area contributed by atoms with E-state index in [1.54, 1.807) is 13.2 Å². The van der Waals surface area contributed by atoms with Crippen LogP contribution in [0.4, 0.5) is 11.5 Å². The summed E-state index contributed by atoms with van der Waals surface area (Å²) in [6, 6.07) is 7.33. The van der Waals surface area contributed by atoms with Crippen LogP contribution in [0, 0.1) is 5.92 Å². The zero-order valence-corrected chi connectivity index (χ0v) is 18.1. The zero-order valence-electron chi connectivity index (χ0n) is 18.1. The van der Waals surface area contributed by atoms with Crippen LogP contribution >= 0.6 is 0 Å². The highest BCUT2D eigenvalue weighted by atomic mass is 16.5. The van der Waals surface area contributed by atoms with E-state index in [-0.39, 0.29) is 29.9 Å². The number of nitrogens with zero attached hydrogens (tertiary/aromatic N) is 2. The molecule has 0 aliphatic heterocycles. The van der Waals surface area contributed by atoms with Crippen molar-refractivity contribution in [2.75, 3.05) is 17.7 Å². The minimum Gasteiger partial charge on any atom is -0.496 e. The van der Waals surface area contributed by atoms with Gasteiger partial charge in [0.2, 0.25) is 5.91 Å². The van der Waals surface area contributed by atoms with Crippen molar-refractivity contribution in [1.82, 2.24) is 9.55 Å². The van der Waals surface area contributed by atoms with Crippen LogP contribution in [0.5, 0.6) is 5.75 Å². The number of ether oxygens (including phenoxy) is 1. The number of nitrogens with two attached hydrogens (primary N) is 1. The first-order valence-electron chi connectivity index (χ1n) is 10.7. The number of aromatic nitrogens is 2. The average molecular weight is 427 g/mol. The molecule has 1 heterocycles. The number of carbonyl (C=O) groups excluding carboxylic acids is 1. The Bertz CT molecular complexity index is 1070. The lowest BCUT2D eigenvalue weighted by molar-refractivity contribution is -0.122. The molecule has 166 valence electrons. The smallest absolute Gasteiger partial charge is 0.330 e. The lowest BCUT2D eigenvalue weighted by atomic mass is 9.92. The molecule has 1 unspecified atom stereocenters. The highest BCUT2D eigenvalue weighted by Crippen LogP contribution is 2.29. The van der Waals surface area contributed by atoms with Crippen LogP contribution in [-0.2, 0) is 17.9 Å². The number of rotatable bonds is 8. The van der Waals surface area contributed by atoms with Gasteiger partial charge in [0.1, 0.15) is 11.6 Å². The molecule has 1 aromatic carbocycles. The van der Waals surface area contributed by atoms with Crippen LogP contribution in [0.2, 0.25) is 0 Å². The van der Waals surface area contributed by atoms with Gasteiger partial charge in [-0.2, -0.15) is 0 Å². The number of unbranched alkanes of at least 4 members (excludes halogenated alkanes) is 1. The predicted octanol–water partition coefficient (Wildman–Crippen LogP) is 2.82. The molecule has 0 saturated heterocycles. The van der Waals surface area contributed by atoms with E-state index < -0.39 is 11.2 Å². The predicted molar refractivity (Wildman–Crippen MR) is 121 cm³/mol. The maximum atomic E-state index is 13.6. The lowest BCUT2D eigenvalue weighted by Crippen LogP contribution is -2.43. The first kappa shape index (κ1) is 22.4. The number of H-pyrrole nitrogens is 1. The summed E-state index contributed by atoms with van der Waals surface area (Å²) in [5, 5.41) is 0. The number of allylic oxidation sites excluding steroid dienone is 2. The molecule has 1 amide bonds. The fraction of sp³-hybridized carbons (Fsp3) is 0.435. The first-order valence-corrected chi connectivity index (χ1v) is 10.7. The van der Waals surface area contributed by atoms with E-state index in [1.807, 2.05) is 31.2 Å². The Morgan fingerprint density at radius 3 is 2.74 bits per heavy atom. The van der Waals surface area contributed by atoms with E-state index >= 15 is 0 Å². The summed E-state index contributed by atoms with van der Waals surface area (Å²) >= 11 is 0. The van der Waals surface area contributed by atoms with Crippen molar-refractivity contribution in [1.29, 1.82) is 0 Å². The van der Waals surface area contributed by atoms with Gasteiger partial charge >= 0.3 is 5.69 Å². The van der Waals surface area contributed by atoms with Crippen LogP contribution in [0.3, 0.4) is 0 Å². The van der Waals surface area contributed by atoms with Crippen molar-refractivity contribution in [3.63, 3.8) is 0 Å². The quantitative estimate of drug-likeness (QED) is 0.631. The Labute approximate surface area is 181 Å². The van der Waals surface area contributed by atoms with Crippen molar-refractivity contribution in [3.8, 4) is 5.75 Å². The van der Waals surface area contributed by atoms with E-state index in [0.717, 1.165) is 24.8 Å². The number of nitrogens with one attached hydrogen (secondary N) is 1. The first-order chi connectivity index (χ1) is 15.0. The number of aromatic amines is 1. The Morgan fingerprint density at radius 1 is 1.29 bits per heavy atom. The normalized spacial score (nSPS) is 15.6. The Kier molecular flexibility index (Phi) is 7.33. The standard InChI is InChI=1S/C23H30N4O4/c1-3-4-14-26-20(24)19(21(28)25-23(26)30)27(22(29)16-10-6-5-7-11-16)15-17-12-8-9-13-18(17)31-2/h5-6,8-9,12-13,16H,3-4,7,10-11,14-15,24H2,1-2H3,(H,25,28,30). The van der Waals surface area contributed by atoms with Gasteiger partial charge in [-0.15, -0.1) is 0 Å². The fourth-order valence-electron chi connectivity index (χ4n) is 3.89. The van der Waals surface area contributed by atoms with Gasteiger partial charge < -0.3 is 10.5 Å². The van der Waals surface area contributed by atoms with Crippen molar-refractivity contribution in [2.24, 2.45) is 5.92 Å². The number of para-hydroxylation sites is 1. The van der Waals surface area contributed by atoms with Gasteiger partial charge in [0.05, 0.1) is 13.7 Å². The average Bonchev–Trinajstić information content (AvgIpc) is 2.78. The molecule has 1 aliphatic rings. The van der Waals surface area contributed by atoms with Gasteiger partial charge in [-0.25, -0.2) is 4.79 Å². The molecule has 0 radical (unpaired) electrons. The van der Waals surface area contributed by atoms with Crippen LogP contribution in [-0.4, -0.2) is 22.6 Å².